The average molecular weight is 286 g/mol. The van der Waals surface area contributed by atoms with Crippen molar-refractivity contribution in [2.45, 2.75) is 20.4 Å². The topological polar surface area (TPSA) is 50.2 Å². The van der Waals surface area contributed by atoms with Crippen molar-refractivity contribution < 1.29 is 4.79 Å². The van der Waals surface area contributed by atoms with Gasteiger partial charge in [-0.2, -0.15) is 0 Å². The molecule has 0 saturated carbocycles. The number of imidazole rings is 1. The van der Waals surface area contributed by atoms with Crippen LogP contribution in [-0.2, 0) is 13.6 Å². The van der Waals surface area contributed by atoms with Crippen molar-refractivity contribution in [3.63, 3.8) is 0 Å². The van der Waals surface area contributed by atoms with Crippen LogP contribution in [0, 0.1) is 0 Å². The van der Waals surface area contributed by atoms with Crippen LogP contribution in [0.1, 0.15) is 30.0 Å². The highest BCUT2D eigenvalue weighted by Crippen LogP contribution is 2.13. The van der Waals surface area contributed by atoms with Gasteiger partial charge in [-0.3, -0.25) is 4.79 Å². The Morgan fingerprint density at radius 2 is 2.10 bits per heavy atom. The van der Waals surface area contributed by atoms with Gasteiger partial charge < -0.3 is 14.8 Å². The Labute approximate surface area is 125 Å². The maximum atomic E-state index is 12.3. The number of amides is 1. The number of carbonyl (C=O) groups excluding carboxylic acids is 1. The molecule has 112 valence electrons. The molecule has 0 bridgehead atoms. The minimum atomic E-state index is 0.0700. The molecular formula is C16H22N4O. The summed E-state index contributed by atoms with van der Waals surface area (Å²) in [6.07, 6.45) is 3.69. The molecule has 2 rings (SSSR count). The maximum Gasteiger partial charge on any atom is 0.253 e. The summed E-state index contributed by atoms with van der Waals surface area (Å²) in [6, 6.07) is 7.61. The van der Waals surface area contributed by atoms with Crippen LogP contribution in [0.3, 0.4) is 0 Å². The van der Waals surface area contributed by atoms with Gasteiger partial charge in [0.25, 0.3) is 5.91 Å². The normalized spacial score (nSPS) is 10.4. The zero-order chi connectivity index (χ0) is 15.2. The van der Waals surface area contributed by atoms with Crippen LogP contribution >= 0.6 is 0 Å². The second-order valence-electron chi connectivity index (χ2n) is 4.87. The van der Waals surface area contributed by atoms with E-state index in [1.54, 1.807) is 6.20 Å². The van der Waals surface area contributed by atoms with Crippen LogP contribution < -0.4 is 5.32 Å². The third kappa shape index (κ3) is 3.62. The third-order valence-corrected chi connectivity index (χ3v) is 3.53. The van der Waals surface area contributed by atoms with Crippen LogP contribution in [0.4, 0.5) is 5.69 Å². The van der Waals surface area contributed by atoms with Gasteiger partial charge in [-0.05, 0) is 32.0 Å². The fourth-order valence-corrected chi connectivity index (χ4v) is 2.20. The highest BCUT2D eigenvalue weighted by molar-refractivity contribution is 5.95. The summed E-state index contributed by atoms with van der Waals surface area (Å²) >= 11 is 0. The third-order valence-electron chi connectivity index (χ3n) is 3.53. The van der Waals surface area contributed by atoms with Gasteiger partial charge >= 0.3 is 0 Å². The van der Waals surface area contributed by atoms with Crippen LogP contribution in [0.5, 0.6) is 0 Å². The molecule has 1 amide bonds. The smallest absolute Gasteiger partial charge is 0.253 e. The van der Waals surface area contributed by atoms with E-state index < -0.39 is 0 Å². The number of nitrogens with one attached hydrogen (secondary N) is 1. The number of hydrogen-bond donors (Lipinski definition) is 1. The number of carbonyl (C=O) groups is 1. The zero-order valence-electron chi connectivity index (χ0n) is 12.8. The molecule has 0 atom stereocenters. The molecule has 1 aromatic heterocycles. The highest BCUT2D eigenvalue weighted by Gasteiger charge is 2.12. The molecule has 5 nitrogen and oxygen atoms in total. The predicted molar refractivity (Wildman–Crippen MR) is 84.2 cm³/mol. The SMILES string of the molecule is CCN(CC)C(=O)c1cccc(NCc2nccn2C)c1. The minimum Gasteiger partial charge on any atom is -0.378 e. The van der Waals surface area contributed by atoms with E-state index in [-0.39, 0.29) is 5.91 Å². The molecule has 1 N–H and O–H groups in total. The summed E-state index contributed by atoms with van der Waals surface area (Å²) in [7, 11) is 1.96. The summed E-state index contributed by atoms with van der Waals surface area (Å²) in [4.78, 5) is 18.4. The summed E-state index contributed by atoms with van der Waals surface area (Å²) in [5.41, 5.74) is 1.64. The quantitative estimate of drug-likeness (QED) is 0.887. The Morgan fingerprint density at radius 1 is 1.33 bits per heavy atom. The van der Waals surface area contributed by atoms with Crippen molar-refractivity contribution in [2.75, 3.05) is 18.4 Å². The van der Waals surface area contributed by atoms with Gasteiger partial charge in [0.2, 0.25) is 0 Å². The first-order valence-electron chi connectivity index (χ1n) is 7.25. The largest absolute Gasteiger partial charge is 0.378 e. The Hall–Kier alpha value is -2.30. The molecule has 0 radical (unpaired) electrons. The second-order valence-corrected chi connectivity index (χ2v) is 4.87. The first kappa shape index (κ1) is 15.1. The summed E-state index contributed by atoms with van der Waals surface area (Å²) in [6.45, 7) is 6.06. The van der Waals surface area contributed by atoms with E-state index in [0.29, 0.717) is 12.1 Å². The Morgan fingerprint density at radius 3 is 2.71 bits per heavy atom. The number of aryl methyl sites for hydroxylation is 1. The van der Waals surface area contributed by atoms with Gasteiger partial charge in [0.05, 0.1) is 6.54 Å². The number of nitrogens with zero attached hydrogens (tertiary/aromatic N) is 3. The van der Waals surface area contributed by atoms with E-state index in [2.05, 4.69) is 10.3 Å². The first-order valence-corrected chi connectivity index (χ1v) is 7.25. The fourth-order valence-electron chi connectivity index (χ4n) is 2.20. The number of anilines is 1. The van der Waals surface area contributed by atoms with E-state index in [1.165, 1.54) is 0 Å². The molecule has 1 aromatic carbocycles. The molecule has 2 aromatic rings. The van der Waals surface area contributed by atoms with Crippen molar-refractivity contribution >= 4 is 11.6 Å². The first-order chi connectivity index (χ1) is 10.2. The summed E-state index contributed by atoms with van der Waals surface area (Å²) in [5, 5.41) is 3.30. The average Bonchev–Trinajstić information content (AvgIpc) is 2.92. The standard InChI is InChI=1S/C16H22N4O/c1-4-20(5-2)16(21)13-7-6-8-14(11-13)18-12-15-17-9-10-19(15)3/h6-11,18H,4-5,12H2,1-3H3. The van der Waals surface area contributed by atoms with Gasteiger partial charge in [-0.25, -0.2) is 4.98 Å². The molecular weight excluding hydrogens is 264 g/mol. The second kappa shape index (κ2) is 6.92. The van der Waals surface area contributed by atoms with E-state index in [0.717, 1.165) is 24.6 Å². The van der Waals surface area contributed by atoms with Gasteiger partial charge in [0.1, 0.15) is 5.82 Å². The number of hydrogen-bond acceptors (Lipinski definition) is 3. The fraction of sp³-hybridized carbons (Fsp3) is 0.375. The van der Waals surface area contributed by atoms with Crippen molar-refractivity contribution in [1.82, 2.24) is 14.5 Å². The molecule has 0 fully saturated rings. The van der Waals surface area contributed by atoms with E-state index in [1.807, 2.05) is 60.8 Å². The lowest BCUT2D eigenvalue weighted by molar-refractivity contribution is 0.0773. The van der Waals surface area contributed by atoms with Gasteiger partial charge in [0.15, 0.2) is 0 Å². The van der Waals surface area contributed by atoms with Crippen molar-refractivity contribution in [2.24, 2.45) is 7.05 Å². The minimum absolute atomic E-state index is 0.0700. The lowest BCUT2D eigenvalue weighted by Gasteiger charge is -2.19. The molecule has 0 spiro atoms. The number of aromatic nitrogens is 2. The molecule has 21 heavy (non-hydrogen) atoms. The molecule has 0 aliphatic rings. The lowest BCUT2D eigenvalue weighted by atomic mass is 10.1. The summed E-state index contributed by atoms with van der Waals surface area (Å²) < 4.78 is 1.97. The van der Waals surface area contributed by atoms with E-state index >= 15 is 0 Å². The van der Waals surface area contributed by atoms with Crippen LogP contribution in [0.25, 0.3) is 0 Å². The Kier molecular flexibility index (Phi) is 4.98. The molecule has 0 aliphatic heterocycles. The van der Waals surface area contributed by atoms with E-state index in [9.17, 15) is 4.79 Å². The lowest BCUT2D eigenvalue weighted by Crippen LogP contribution is -2.30. The monoisotopic (exact) mass is 286 g/mol. The number of rotatable bonds is 6. The maximum absolute atomic E-state index is 12.3. The van der Waals surface area contributed by atoms with Crippen molar-refractivity contribution in [3.8, 4) is 0 Å². The molecule has 0 unspecified atom stereocenters. The van der Waals surface area contributed by atoms with Crippen LogP contribution in [0.15, 0.2) is 36.7 Å². The molecule has 0 aliphatic carbocycles. The van der Waals surface area contributed by atoms with Crippen LogP contribution in [0.2, 0.25) is 0 Å². The van der Waals surface area contributed by atoms with Crippen LogP contribution in [-0.4, -0.2) is 33.4 Å². The highest BCUT2D eigenvalue weighted by atomic mass is 16.2. The van der Waals surface area contributed by atoms with Gasteiger partial charge in [-0.15, -0.1) is 0 Å². The zero-order valence-corrected chi connectivity index (χ0v) is 12.8. The molecule has 0 saturated heterocycles. The molecule has 1 heterocycles. The van der Waals surface area contributed by atoms with Crippen molar-refractivity contribution in [1.29, 1.82) is 0 Å². The Balaban J connectivity index is 2.07. The van der Waals surface area contributed by atoms with Gasteiger partial charge in [0, 0.05) is 43.8 Å². The predicted octanol–water partition coefficient (Wildman–Crippen LogP) is 2.51. The number of benzene rings is 1. The summed E-state index contributed by atoms with van der Waals surface area (Å²) in [5.74, 6) is 1.02. The van der Waals surface area contributed by atoms with Gasteiger partial charge in [-0.1, -0.05) is 6.07 Å². The van der Waals surface area contributed by atoms with E-state index in [4.69, 9.17) is 0 Å². The van der Waals surface area contributed by atoms with Crippen molar-refractivity contribution in [3.05, 3.63) is 48.0 Å². The molecule has 5 heteroatoms. The Bertz CT molecular complexity index is 602.